The van der Waals surface area contributed by atoms with Gasteiger partial charge in [-0.2, -0.15) is 0 Å². The number of aliphatic hydroxyl groups is 1. The van der Waals surface area contributed by atoms with E-state index in [0.29, 0.717) is 12.8 Å². The SMILES string of the molecule is C[C@@H](O)CCCCn1c(=O)c2[nH]c(=O)[nH]c2n(C)c1=O. The van der Waals surface area contributed by atoms with Crippen molar-refractivity contribution in [3.05, 3.63) is 31.3 Å². The number of aliphatic hydroxyl groups excluding tert-OH is 1. The molecule has 0 amide bonds. The molecular formula is C12H18N4O4. The number of aromatic amines is 2. The van der Waals surface area contributed by atoms with E-state index in [2.05, 4.69) is 9.97 Å². The predicted molar refractivity (Wildman–Crippen MR) is 74.0 cm³/mol. The lowest BCUT2D eigenvalue weighted by atomic mass is 10.2. The second-order valence-corrected chi connectivity index (χ2v) is 4.95. The molecule has 0 saturated carbocycles. The molecule has 2 rings (SSSR count). The minimum atomic E-state index is -0.515. The Hall–Kier alpha value is -2.09. The second-order valence-electron chi connectivity index (χ2n) is 4.95. The van der Waals surface area contributed by atoms with Gasteiger partial charge in [0.05, 0.1) is 6.10 Å². The first kappa shape index (κ1) is 14.3. The monoisotopic (exact) mass is 282 g/mol. The topological polar surface area (TPSA) is 113 Å². The fraction of sp³-hybridized carbons (Fsp3) is 0.583. The zero-order chi connectivity index (χ0) is 14.9. The number of hydrogen-bond acceptors (Lipinski definition) is 4. The van der Waals surface area contributed by atoms with Crippen molar-refractivity contribution >= 4 is 11.2 Å². The zero-order valence-corrected chi connectivity index (χ0v) is 11.5. The molecule has 0 fully saturated rings. The van der Waals surface area contributed by atoms with Gasteiger partial charge in [0.1, 0.15) is 5.65 Å². The number of nitrogens with one attached hydrogen (secondary N) is 2. The summed E-state index contributed by atoms with van der Waals surface area (Å²) < 4.78 is 2.34. The third kappa shape index (κ3) is 2.60. The van der Waals surface area contributed by atoms with Crippen molar-refractivity contribution < 1.29 is 5.11 Å². The number of hydrogen-bond donors (Lipinski definition) is 3. The van der Waals surface area contributed by atoms with Crippen LogP contribution in [-0.4, -0.2) is 30.3 Å². The van der Waals surface area contributed by atoms with Crippen LogP contribution in [-0.2, 0) is 13.6 Å². The smallest absolute Gasteiger partial charge is 0.332 e. The van der Waals surface area contributed by atoms with Crippen molar-refractivity contribution in [3.63, 3.8) is 0 Å². The summed E-state index contributed by atoms with van der Waals surface area (Å²) in [6.45, 7) is 1.96. The summed E-state index contributed by atoms with van der Waals surface area (Å²) in [7, 11) is 1.50. The summed E-state index contributed by atoms with van der Waals surface area (Å²) in [6.07, 6.45) is 1.56. The van der Waals surface area contributed by atoms with Gasteiger partial charge in [-0.1, -0.05) is 0 Å². The molecule has 1 atom stereocenters. The highest BCUT2D eigenvalue weighted by Crippen LogP contribution is 2.02. The van der Waals surface area contributed by atoms with Gasteiger partial charge in [-0.3, -0.25) is 23.9 Å². The van der Waals surface area contributed by atoms with Gasteiger partial charge in [0.15, 0.2) is 5.52 Å². The Morgan fingerprint density at radius 3 is 2.55 bits per heavy atom. The first-order chi connectivity index (χ1) is 9.41. The number of fused-ring (bicyclic) bond motifs is 1. The van der Waals surface area contributed by atoms with Crippen molar-refractivity contribution in [3.8, 4) is 0 Å². The lowest BCUT2D eigenvalue weighted by molar-refractivity contribution is 0.180. The fourth-order valence-corrected chi connectivity index (χ4v) is 2.19. The molecule has 20 heavy (non-hydrogen) atoms. The van der Waals surface area contributed by atoms with Crippen LogP contribution < -0.4 is 16.9 Å². The molecule has 0 radical (unpaired) electrons. The van der Waals surface area contributed by atoms with E-state index in [9.17, 15) is 14.4 Å². The lowest BCUT2D eigenvalue weighted by Crippen LogP contribution is -2.39. The van der Waals surface area contributed by atoms with Gasteiger partial charge >= 0.3 is 11.4 Å². The minimum Gasteiger partial charge on any atom is -0.393 e. The summed E-state index contributed by atoms with van der Waals surface area (Å²) in [5, 5.41) is 9.17. The van der Waals surface area contributed by atoms with Crippen LogP contribution in [0.5, 0.6) is 0 Å². The number of H-pyrrole nitrogens is 2. The predicted octanol–water partition coefficient (Wildman–Crippen LogP) is -0.732. The third-order valence-corrected chi connectivity index (χ3v) is 3.27. The quantitative estimate of drug-likeness (QED) is 0.627. The fourth-order valence-electron chi connectivity index (χ4n) is 2.19. The molecule has 2 heterocycles. The Morgan fingerprint density at radius 1 is 1.20 bits per heavy atom. The molecule has 8 heteroatoms. The maximum absolute atomic E-state index is 12.2. The minimum absolute atomic E-state index is 0.104. The summed E-state index contributed by atoms with van der Waals surface area (Å²) in [4.78, 5) is 40.3. The van der Waals surface area contributed by atoms with E-state index in [4.69, 9.17) is 5.11 Å². The van der Waals surface area contributed by atoms with E-state index in [1.807, 2.05) is 0 Å². The Kier molecular flexibility index (Phi) is 3.93. The number of aromatic nitrogens is 4. The number of nitrogens with zero attached hydrogens (tertiary/aromatic N) is 2. The van der Waals surface area contributed by atoms with Crippen LogP contribution in [0.1, 0.15) is 26.2 Å². The van der Waals surface area contributed by atoms with E-state index in [0.717, 1.165) is 11.0 Å². The molecule has 3 N–H and O–H groups in total. The molecule has 0 spiro atoms. The summed E-state index contributed by atoms with van der Waals surface area (Å²) in [5.41, 5.74) is -1.18. The molecule has 2 aromatic heterocycles. The molecule has 0 aromatic carbocycles. The van der Waals surface area contributed by atoms with Gasteiger partial charge in [0, 0.05) is 13.6 Å². The van der Waals surface area contributed by atoms with Crippen LogP contribution in [0.3, 0.4) is 0 Å². The maximum atomic E-state index is 12.2. The van der Waals surface area contributed by atoms with Crippen LogP contribution in [0.4, 0.5) is 0 Å². The first-order valence-electron chi connectivity index (χ1n) is 6.51. The Labute approximate surface area is 113 Å². The highest BCUT2D eigenvalue weighted by atomic mass is 16.3. The highest BCUT2D eigenvalue weighted by Gasteiger charge is 2.13. The van der Waals surface area contributed by atoms with E-state index in [-0.39, 0.29) is 17.7 Å². The van der Waals surface area contributed by atoms with Gasteiger partial charge in [0.25, 0.3) is 5.56 Å². The average Bonchev–Trinajstić information content (AvgIpc) is 2.77. The molecule has 0 saturated heterocycles. The highest BCUT2D eigenvalue weighted by molar-refractivity contribution is 5.68. The van der Waals surface area contributed by atoms with Crippen LogP contribution in [0, 0.1) is 0 Å². The standard InChI is InChI=1S/C12H18N4O4/c1-7(17)5-3-4-6-16-10(18)8-9(14-11(19)13-8)15(2)12(16)20/h7,17H,3-6H2,1-2H3,(H2,13,14,19)/t7-/m1/s1. The molecule has 0 aliphatic rings. The Morgan fingerprint density at radius 2 is 1.90 bits per heavy atom. The van der Waals surface area contributed by atoms with Crippen molar-refractivity contribution in [1.82, 2.24) is 19.1 Å². The van der Waals surface area contributed by atoms with E-state index >= 15 is 0 Å². The molecule has 0 aliphatic carbocycles. The van der Waals surface area contributed by atoms with Gasteiger partial charge in [-0.15, -0.1) is 0 Å². The summed E-state index contributed by atoms with van der Waals surface area (Å²) >= 11 is 0. The van der Waals surface area contributed by atoms with Crippen LogP contribution in [0.2, 0.25) is 0 Å². The van der Waals surface area contributed by atoms with Crippen molar-refractivity contribution in [2.75, 3.05) is 0 Å². The second kappa shape index (κ2) is 5.49. The largest absolute Gasteiger partial charge is 0.393 e. The van der Waals surface area contributed by atoms with Gasteiger partial charge in [-0.05, 0) is 26.2 Å². The van der Waals surface area contributed by atoms with Crippen molar-refractivity contribution in [2.24, 2.45) is 7.05 Å². The molecule has 0 bridgehead atoms. The Bertz CT molecular complexity index is 777. The lowest BCUT2D eigenvalue weighted by Gasteiger charge is -2.08. The molecule has 0 unspecified atom stereocenters. The molecule has 0 aliphatic heterocycles. The van der Waals surface area contributed by atoms with Crippen LogP contribution in [0.15, 0.2) is 14.4 Å². The van der Waals surface area contributed by atoms with E-state index in [1.54, 1.807) is 6.92 Å². The first-order valence-corrected chi connectivity index (χ1v) is 6.51. The number of imidazole rings is 1. The maximum Gasteiger partial charge on any atom is 0.332 e. The molecule has 8 nitrogen and oxygen atoms in total. The van der Waals surface area contributed by atoms with Crippen LogP contribution >= 0.6 is 0 Å². The molecular weight excluding hydrogens is 264 g/mol. The zero-order valence-electron chi connectivity index (χ0n) is 11.5. The molecule has 2 aromatic rings. The van der Waals surface area contributed by atoms with Crippen LogP contribution in [0.25, 0.3) is 11.2 Å². The normalized spacial score (nSPS) is 12.9. The molecule has 110 valence electrons. The third-order valence-electron chi connectivity index (χ3n) is 3.27. The number of rotatable bonds is 5. The van der Waals surface area contributed by atoms with Crippen molar-refractivity contribution in [1.29, 1.82) is 0 Å². The summed E-state index contributed by atoms with van der Waals surface area (Å²) in [5.74, 6) is 0. The van der Waals surface area contributed by atoms with E-state index in [1.165, 1.54) is 11.6 Å². The number of unbranched alkanes of at least 4 members (excludes halogenated alkanes) is 1. The van der Waals surface area contributed by atoms with E-state index < -0.39 is 23.0 Å². The van der Waals surface area contributed by atoms with Gasteiger partial charge in [-0.25, -0.2) is 9.59 Å². The van der Waals surface area contributed by atoms with Gasteiger partial charge in [0.2, 0.25) is 0 Å². The van der Waals surface area contributed by atoms with Crippen molar-refractivity contribution in [2.45, 2.75) is 38.8 Å². The average molecular weight is 282 g/mol. The van der Waals surface area contributed by atoms with Gasteiger partial charge < -0.3 is 5.11 Å². The number of aryl methyl sites for hydroxylation is 1. The Balaban J connectivity index is 2.36. The summed E-state index contributed by atoms with van der Waals surface area (Å²) in [6, 6.07) is 0.